The molecule has 1 aliphatic carbocycles. The van der Waals surface area contributed by atoms with E-state index in [1.54, 1.807) is 28.9 Å². The number of hydrogen-bond acceptors (Lipinski definition) is 6. The number of sulfone groups is 1. The highest BCUT2D eigenvalue weighted by atomic mass is 32.2. The lowest BCUT2D eigenvalue weighted by Gasteiger charge is -2.15. The zero-order chi connectivity index (χ0) is 19.9. The highest BCUT2D eigenvalue weighted by molar-refractivity contribution is 7.91. The summed E-state index contributed by atoms with van der Waals surface area (Å²) in [6.07, 6.45) is 2.97. The Morgan fingerprint density at radius 3 is 2.61 bits per heavy atom. The SMILES string of the molecule is COC(=O)c1ccc(NC(=O)c2c3c(nn2C2CCS(=O)(=O)C2)CCC3)cc1. The van der Waals surface area contributed by atoms with Crippen molar-refractivity contribution in [2.75, 3.05) is 23.9 Å². The summed E-state index contributed by atoms with van der Waals surface area (Å²) < 4.78 is 30.1. The van der Waals surface area contributed by atoms with Crippen molar-refractivity contribution in [3.8, 4) is 0 Å². The molecule has 8 nitrogen and oxygen atoms in total. The van der Waals surface area contributed by atoms with Crippen molar-refractivity contribution >= 4 is 27.4 Å². The van der Waals surface area contributed by atoms with Crippen molar-refractivity contribution in [1.82, 2.24) is 9.78 Å². The Kier molecular flexibility index (Phi) is 4.70. The number of aryl methyl sites for hydroxylation is 1. The molecule has 1 atom stereocenters. The standard InChI is InChI=1S/C19H21N3O5S/c1-27-19(24)12-5-7-13(8-6-12)20-18(23)17-15-3-2-4-16(15)21-22(17)14-9-10-28(25,26)11-14/h5-8,14H,2-4,9-11H2,1H3,(H,20,23). The van der Waals surface area contributed by atoms with Crippen LogP contribution in [0.2, 0.25) is 0 Å². The Morgan fingerprint density at radius 1 is 1.21 bits per heavy atom. The Labute approximate surface area is 162 Å². The average molecular weight is 403 g/mol. The van der Waals surface area contributed by atoms with E-state index < -0.39 is 15.8 Å². The second-order valence-electron chi connectivity index (χ2n) is 7.15. The minimum absolute atomic E-state index is 0.0155. The molecule has 2 aromatic rings. The van der Waals surface area contributed by atoms with Gasteiger partial charge in [-0.2, -0.15) is 5.10 Å². The normalized spacial score (nSPS) is 20.0. The zero-order valence-electron chi connectivity index (χ0n) is 15.5. The molecule has 1 aromatic carbocycles. The van der Waals surface area contributed by atoms with Crippen LogP contribution in [-0.2, 0) is 27.4 Å². The number of carbonyl (C=O) groups excluding carboxylic acids is 2. The maximum Gasteiger partial charge on any atom is 0.337 e. The van der Waals surface area contributed by atoms with Gasteiger partial charge in [-0.05, 0) is 49.9 Å². The quantitative estimate of drug-likeness (QED) is 0.780. The third-order valence-electron chi connectivity index (χ3n) is 5.27. The third kappa shape index (κ3) is 3.42. The molecule has 9 heteroatoms. The number of nitrogens with zero attached hydrogens (tertiary/aromatic N) is 2. The van der Waals surface area contributed by atoms with Gasteiger partial charge < -0.3 is 10.1 Å². The molecule has 0 saturated carbocycles. The van der Waals surface area contributed by atoms with Crippen molar-refractivity contribution in [3.63, 3.8) is 0 Å². The highest BCUT2D eigenvalue weighted by Crippen LogP contribution is 2.31. The molecule has 1 unspecified atom stereocenters. The summed E-state index contributed by atoms with van der Waals surface area (Å²) in [5.41, 5.74) is 3.17. The number of rotatable bonds is 4. The van der Waals surface area contributed by atoms with Gasteiger partial charge in [0.05, 0.1) is 35.9 Å². The first-order valence-corrected chi connectivity index (χ1v) is 11.0. The molecule has 28 heavy (non-hydrogen) atoms. The number of methoxy groups -OCH3 is 1. The van der Waals surface area contributed by atoms with Crippen molar-refractivity contribution in [2.24, 2.45) is 0 Å². The predicted molar refractivity (Wildman–Crippen MR) is 102 cm³/mol. The van der Waals surface area contributed by atoms with Crippen molar-refractivity contribution in [1.29, 1.82) is 0 Å². The Bertz CT molecular complexity index is 1040. The predicted octanol–water partition coefficient (Wildman–Crippen LogP) is 1.77. The first-order valence-electron chi connectivity index (χ1n) is 9.18. The zero-order valence-corrected chi connectivity index (χ0v) is 16.3. The second kappa shape index (κ2) is 7.05. The van der Waals surface area contributed by atoms with Gasteiger partial charge in [0.25, 0.3) is 5.91 Å². The fourth-order valence-corrected chi connectivity index (χ4v) is 5.57. The Morgan fingerprint density at radius 2 is 1.96 bits per heavy atom. The van der Waals surface area contributed by atoms with E-state index >= 15 is 0 Å². The average Bonchev–Trinajstić information content (AvgIpc) is 3.35. The van der Waals surface area contributed by atoms with Crippen LogP contribution >= 0.6 is 0 Å². The number of ether oxygens (including phenoxy) is 1. The summed E-state index contributed by atoms with van der Waals surface area (Å²) in [6.45, 7) is 0. The smallest absolute Gasteiger partial charge is 0.337 e. The molecule has 1 aromatic heterocycles. The minimum atomic E-state index is -3.09. The summed E-state index contributed by atoms with van der Waals surface area (Å²) in [4.78, 5) is 24.6. The number of amides is 1. The molecule has 1 amide bonds. The molecule has 1 aliphatic heterocycles. The van der Waals surface area contributed by atoms with Gasteiger partial charge in [0, 0.05) is 11.3 Å². The lowest BCUT2D eigenvalue weighted by molar-refractivity contribution is 0.0600. The van der Waals surface area contributed by atoms with E-state index in [1.807, 2.05) is 0 Å². The summed E-state index contributed by atoms with van der Waals surface area (Å²) in [5, 5.41) is 7.42. The highest BCUT2D eigenvalue weighted by Gasteiger charge is 2.35. The van der Waals surface area contributed by atoms with Crippen molar-refractivity contribution in [3.05, 3.63) is 46.8 Å². The van der Waals surface area contributed by atoms with Gasteiger partial charge in [-0.3, -0.25) is 9.48 Å². The number of benzene rings is 1. The van der Waals surface area contributed by atoms with Crippen LogP contribution in [0.3, 0.4) is 0 Å². The van der Waals surface area contributed by atoms with E-state index in [1.165, 1.54) is 7.11 Å². The first-order chi connectivity index (χ1) is 13.4. The minimum Gasteiger partial charge on any atom is -0.465 e. The van der Waals surface area contributed by atoms with Gasteiger partial charge in [-0.25, -0.2) is 13.2 Å². The van der Waals surface area contributed by atoms with Gasteiger partial charge in [0.1, 0.15) is 5.69 Å². The molecular formula is C19H21N3O5S. The van der Waals surface area contributed by atoms with E-state index in [0.717, 1.165) is 30.5 Å². The van der Waals surface area contributed by atoms with Crippen LogP contribution in [0.15, 0.2) is 24.3 Å². The van der Waals surface area contributed by atoms with Crippen LogP contribution in [0.25, 0.3) is 0 Å². The number of nitrogens with one attached hydrogen (secondary N) is 1. The number of esters is 1. The van der Waals surface area contributed by atoms with Crippen LogP contribution in [0.5, 0.6) is 0 Å². The molecule has 2 aliphatic rings. The van der Waals surface area contributed by atoms with E-state index in [2.05, 4.69) is 15.2 Å². The molecule has 1 saturated heterocycles. The Hall–Kier alpha value is -2.68. The van der Waals surface area contributed by atoms with E-state index in [-0.39, 0.29) is 23.5 Å². The fourth-order valence-electron chi connectivity index (χ4n) is 3.88. The van der Waals surface area contributed by atoms with E-state index in [0.29, 0.717) is 23.4 Å². The molecule has 1 N–H and O–H groups in total. The van der Waals surface area contributed by atoms with E-state index in [4.69, 9.17) is 0 Å². The monoisotopic (exact) mass is 403 g/mol. The fraction of sp³-hybridized carbons (Fsp3) is 0.421. The Balaban J connectivity index is 1.61. The molecule has 1 fully saturated rings. The van der Waals surface area contributed by atoms with Gasteiger partial charge in [-0.1, -0.05) is 0 Å². The number of fused-ring (bicyclic) bond motifs is 1. The first kappa shape index (κ1) is 18.7. The van der Waals surface area contributed by atoms with Crippen molar-refractivity contribution < 1.29 is 22.7 Å². The number of aromatic nitrogens is 2. The van der Waals surface area contributed by atoms with Crippen LogP contribution in [0.4, 0.5) is 5.69 Å². The van der Waals surface area contributed by atoms with Crippen LogP contribution in [0.1, 0.15) is 51.0 Å². The van der Waals surface area contributed by atoms with E-state index in [9.17, 15) is 18.0 Å². The summed E-state index contributed by atoms with van der Waals surface area (Å²) in [5.74, 6) is -0.623. The summed E-state index contributed by atoms with van der Waals surface area (Å²) in [7, 11) is -1.78. The lowest BCUT2D eigenvalue weighted by atomic mass is 10.1. The van der Waals surface area contributed by atoms with Crippen LogP contribution in [0, 0.1) is 0 Å². The molecule has 0 radical (unpaired) electrons. The number of carbonyl (C=O) groups is 2. The topological polar surface area (TPSA) is 107 Å². The summed E-state index contributed by atoms with van der Waals surface area (Å²) in [6, 6.07) is 6.11. The molecular weight excluding hydrogens is 382 g/mol. The number of hydrogen-bond donors (Lipinski definition) is 1. The van der Waals surface area contributed by atoms with Gasteiger partial charge in [-0.15, -0.1) is 0 Å². The lowest BCUT2D eigenvalue weighted by Crippen LogP contribution is -2.23. The molecule has 0 spiro atoms. The number of anilines is 1. The largest absolute Gasteiger partial charge is 0.465 e. The molecule has 0 bridgehead atoms. The van der Waals surface area contributed by atoms with Gasteiger partial charge in [0.2, 0.25) is 0 Å². The maximum absolute atomic E-state index is 13.0. The van der Waals surface area contributed by atoms with Crippen LogP contribution in [-0.4, -0.2) is 48.7 Å². The second-order valence-corrected chi connectivity index (χ2v) is 9.38. The van der Waals surface area contributed by atoms with Crippen LogP contribution < -0.4 is 5.32 Å². The van der Waals surface area contributed by atoms with Gasteiger partial charge in [0.15, 0.2) is 9.84 Å². The molecule has 2 heterocycles. The molecule has 148 valence electrons. The maximum atomic E-state index is 13.0. The van der Waals surface area contributed by atoms with Gasteiger partial charge >= 0.3 is 5.97 Å². The summed E-state index contributed by atoms with van der Waals surface area (Å²) >= 11 is 0. The van der Waals surface area contributed by atoms with Crippen molar-refractivity contribution in [2.45, 2.75) is 31.7 Å². The molecule has 4 rings (SSSR count). The third-order valence-corrected chi connectivity index (χ3v) is 7.02.